The molecule has 0 fully saturated rings. The smallest absolute Gasteiger partial charge is 0.793 e. The van der Waals surface area contributed by atoms with Gasteiger partial charge in [-0.25, -0.2) is 0 Å². The van der Waals surface area contributed by atoms with Crippen LogP contribution in [0.15, 0.2) is 0 Å². The monoisotopic (exact) mass is 334 g/mol. The fourth-order valence-electron chi connectivity index (χ4n) is 0.541. The molecule has 0 aromatic rings. The first-order valence-electron chi connectivity index (χ1n) is 3.51. The third kappa shape index (κ3) is 9.82. The van der Waals surface area contributed by atoms with Crippen molar-refractivity contribution in [2.24, 2.45) is 0 Å². The molecule has 0 saturated heterocycles. The minimum absolute atomic E-state index is 0. The van der Waals surface area contributed by atoms with Crippen molar-refractivity contribution in [2.45, 2.75) is 39.0 Å². The molecule has 0 spiro atoms. The first-order valence-corrected chi connectivity index (χ1v) is 7.63. The van der Waals surface area contributed by atoms with Crippen molar-refractivity contribution in [1.29, 1.82) is 0 Å². The maximum absolute atomic E-state index is 11.4. The van der Waals surface area contributed by atoms with Gasteiger partial charge in [0, 0.05) is 10.9 Å². The summed E-state index contributed by atoms with van der Waals surface area (Å²) in [5.41, 5.74) is -2.80. The Bertz CT molecular complexity index is 150. The van der Waals surface area contributed by atoms with Crippen LogP contribution in [0, 0.1) is 0 Å². The molecular weight excluding hydrogens is 321 g/mol. The SMILES string of the molecule is CC(C)OP([O-])(=S)SC(C)C.[Sb+]. The first kappa shape index (κ1) is 16.2. The van der Waals surface area contributed by atoms with Crippen LogP contribution >= 0.6 is 17.1 Å². The predicted octanol–water partition coefficient (Wildman–Crippen LogP) is 1.76. The zero-order chi connectivity index (χ0) is 9.07. The van der Waals surface area contributed by atoms with Crippen LogP contribution in [0.25, 0.3) is 0 Å². The molecule has 4 radical (unpaired) electrons. The molecule has 6 heteroatoms. The van der Waals surface area contributed by atoms with Crippen LogP contribution in [0.5, 0.6) is 0 Å². The van der Waals surface area contributed by atoms with Gasteiger partial charge in [-0.05, 0) is 13.8 Å². The fraction of sp³-hybridized carbons (Fsp3) is 1.00. The van der Waals surface area contributed by atoms with E-state index in [4.69, 9.17) is 16.3 Å². The fourth-order valence-corrected chi connectivity index (χ4v) is 5.90. The number of hydrogen-bond acceptors (Lipinski definition) is 4. The Hall–Kier alpha value is 1.74. The molecule has 0 amide bonds. The molecule has 12 heavy (non-hydrogen) atoms. The Morgan fingerprint density at radius 2 is 1.75 bits per heavy atom. The average Bonchev–Trinajstić information content (AvgIpc) is 1.53. The van der Waals surface area contributed by atoms with Gasteiger partial charge in [-0.3, -0.25) is 0 Å². The van der Waals surface area contributed by atoms with Gasteiger partial charge in [-0.2, -0.15) is 0 Å². The van der Waals surface area contributed by atoms with E-state index in [2.05, 4.69) is 0 Å². The summed E-state index contributed by atoms with van der Waals surface area (Å²) in [5.74, 6) is 0. The molecule has 0 heterocycles. The Morgan fingerprint density at radius 1 is 1.33 bits per heavy atom. The zero-order valence-corrected chi connectivity index (χ0v) is 12.8. The second-order valence-corrected chi connectivity index (χ2v) is 9.22. The van der Waals surface area contributed by atoms with Crippen LogP contribution in [0.2, 0.25) is 0 Å². The van der Waals surface area contributed by atoms with Crippen molar-refractivity contribution in [2.75, 3.05) is 0 Å². The van der Waals surface area contributed by atoms with E-state index in [1.165, 1.54) is 11.4 Å². The predicted molar refractivity (Wildman–Crippen MR) is 59.0 cm³/mol. The Balaban J connectivity index is 0. The van der Waals surface area contributed by atoms with E-state index in [0.29, 0.717) is 0 Å². The van der Waals surface area contributed by atoms with Gasteiger partial charge < -0.3 is 9.42 Å². The zero-order valence-electron chi connectivity index (χ0n) is 7.68. The van der Waals surface area contributed by atoms with E-state index in [1.54, 1.807) is 0 Å². The maximum Gasteiger partial charge on any atom is 1.00 e. The molecule has 0 aromatic heterocycles. The van der Waals surface area contributed by atoms with Crippen LogP contribution in [0.3, 0.4) is 0 Å². The van der Waals surface area contributed by atoms with Gasteiger partial charge in [0.1, 0.15) is 0 Å². The van der Waals surface area contributed by atoms with Crippen molar-refractivity contribution in [3.8, 4) is 0 Å². The number of rotatable bonds is 4. The molecule has 0 aliphatic carbocycles. The molecule has 0 aliphatic rings. The Labute approximate surface area is 101 Å². The molecule has 0 bridgehead atoms. The summed E-state index contributed by atoms with van der Waals surface area (Å²) in [7, 11) is 0. The van der Waals surface area contributed by atoms with Gasteiger partial charge >= 0.3 is 24.4 Å². The second-order valence-electron chi connectivity index (χ2n) is 2.76. The van der Waals surface area contributed by atoms with Crippen molar-refractivity contribution in [1.82, 2.24) is 0 Å². The van der Waals surface area contributed by atoms with Gasteiger partial charge in [0.05, 0.1) is 6.10 Å². The number of hydrogen-bond donors (Lipinski definition) is 0. The topological polar surface area (TPSA) is 32.3 Å². The van der Waals surface area contributed by atoms with Crippen molar-refractivity contribution in [3.05, 3.63) is 0 Å². The molecule has 1 unspecified atom stereocenters. The molecule has 72 valence electrons. The van der Waals surface area contributed by atoms with E-state index in [-0.39, 0.29) is 35.8 Å². The van der Waals surface area contributed by atoms with Crippen LogP contribution < -0.4 is 4.89 Å². The first-order chi connectivity index (χ1) is 4.83. The normalized spacial score (nSPS) is 15.9. The summed E-state index contributed by atoms with van der Waals surface area (Å²) in [6, 6.07) is 0. The summed E-state index contributed by atoms with van der Waals surface area (Å²) < 4.78 is 5.08. The van der Waals surface area contributed by atoms with E-state index in [9.17, 15) is 4.89 Å². The maximum atomic E-state index is 11.4. The third-order valence-corrected chi connectivity index (χ3v) is 5.37. The van der Waals surface area contributed by atoms with Gasteiger partial charge in [0.2, 0.25) is 0 Å². The molecule has 0 aliphatic heterocycles. The van der Waals surface area contributed by atoms with E-state index in [0.717, 1.165) is 0 Å². The van der Waals surface area contributed by atoms with E-state index in [1.807, 2.05) is 27.7 Å². The van der Waals surface area contributed by atoms with Gasteiger partial charge in [-0.15, -0.1) is 11.4 Å². The van der Waals surface area contributed by atoms with Gasteiger partial charge in [-0.1, -0.05) is 25.7 Å². The molecule has 0 aromatic carbocycles. The van der Waals surface area contributed by atoms with Crippen molar-refractivity contribution in [3.63, 3.8) is 0 Å². The molecule has 0 N–H and O–H groups in total. The van der Waals surface area contributed by atoms with Crippen molar-refractivity contribution >= 4 is 53.3 Å². The summed E-state index contributed by atoms with van der Waals surface area (Å²) in [4.78, 5) is 11.4. The summed E-state index contributed by atoms with van der Waals surface area (Å²) in [6.45, 7) is 7.57. The minimum atomic E-state index is -2.80. The second kappa shape index (κ2) is 7.09. The molecule has 0 saturated carbocycles. The van der Waals surface area contributed by atoms with E-state index < -0.39 is 5.69 Å². The Kier molecular flexibility index (Phi) is 9.55. The van der Waals surface area contributed by atoms with Crippen LogP contribution in [0.1, 0.15) is 27.7 Å². The molecule has 1 atom stereocenters. The van der Waals surface area contributed by atoms with Gasteiger partial charge in [0.25, 0.3) is 0 Å². The van der Waals surface area contributed by atoms with Gasteiger partial charge in [0.15, 0.2) is 0 Å². The van der Waals surface area contributed by atoms with Crippen LogP contribution in [0.4, 0.5) is 0 Å². The largest absolute Gasteiger partial charge is 1.00 e. The van der Waals surface area contributed by atoms with E-state index >= 15 is 0 Å². The van der Waals surface area contributed by atoms with Crippen molar-refractivity contribution < 1.29 is 9.42 Å². The standard InChI is InChI=1S/C6H15O2PS2.Sb/c1-5(2)8-9(7,10)11-6(3)4;/h5-6H,1-4H3,(H,7,10);/q;+1/p-1. The molecule has 2 nitrogen and oxygen atoms in total. The molecular formula is C6H14O2PS2Sb. The molecule has 0 rings (SSSR count). The van der Waals surface area contributed by atoms with Crippen LogP contribution in [-0.2, 0) is 16.3 Å². The summed E-state index contributed by atoms with van der Waals surface area (Å²) in [5, 5.41) is 0.261. The Morgan fingerprint density at radius 3 is 2.00 bits per heavy atom. The van der Waals surface area contributed by atoms with Crippen LogP contribution in [-0.4, -0.2) is 35.8 Å². The summed E-state index contributed by atoms with van der Waals surface area (Å²) >= 11 is 6.03. The summed E-state index contributed by atoms with van der Waals surface area (Å²) in [6.07, 6.45) is -0.0513. The quantitative estimate of drug-likeness (QED) is 0.579. The third-order valence-electron chi connectivity index (χ3n) is 0.680. The minimum Gasteiger partial charge on any atom is -0.793 e. The average molecular weight is 335 g/mol.